The molecule has 0 saturated carbocycles. The second-order valence-corrected chi connectivity index (χ2v) is 6.83. The summed E-state index contributed by atoms with van der Waals surface area (Å²) >= 11 is 8.39. The highest BCUT2D eigenvalue weighted by molar-refractivity contribution is 9.10. The van der Waals surface area contributed by atoms with Crippen LogP contribution in [-0.4, -0.2) is 37.8 Å². The Kier molecular flexibility index (Phi) is 8.22. The van der Waals surface area contributed by atoms with Gasteiger partial charge in [-0.2, -0.15) is 0 Å². The first-order valence-electron chi connectivity index (χ1n) is 8.45. The fourth-order valence-electron chi connectivity index (χ4n) is 2.33. The molecule has 0 radical (unpaired) electrons. The Morgan fingerprint density at radius 1 is 0.966 bits per heavy atom. The quantitative estimate of drug-likeness (QED) is 0.430. The maximum atomic E-state index is 12.5. The molecule has 0 heterocycles. The number of nitrogens with one attached hydrogen (secondary N) is 3. The molecule has 10 heteroatoms. The molecule has 2 rings (SSSR count). The summed E-state index contributed by atoms with van der Waals surface area (Å²) in [5, 5.41) is 2.41. The first-order valence-corrected chi connectivity index (χ1v) is 9.65. The molecule has 0 atom stereocenters. The molecule has 0 unspecified atom stereocenters. The highest BCUT2D eigenvalue weighted by Crippen LogP contribution is 2.27. The molecule has 0 saturated heterocycles. The molecular weight excluding hydrogens is 462 g/mol. The lowest BCUT2D eigenvalue weighted by molar-refractivity contribution is 0.0933. The number of ether oxygens (including phenoxy) is 3. The molecule has 0 aromatic heterocycles. The van der Waals surface area contributed by atoms with Crippen molar-refractivity contribution in [1.29, 1.82) is 0 Å². The summed E-state index contributed by atoms with van der Waals surface area (Å²) in [5.74, 6) is 0.381. The van der Waals surface area contributed by atoms with Gasteiger partial charge < -0.3 is 14.2 Å². The zero-order valence-corrected chi connectivity index (χ0v) is 18.4. The Morgan fingerprint density at radius 2 is 1.66 bits per heavy atom. The highest BCUT2D eigenvalue weighted by atomic mass is 79.9. The molecule has 154 valence electrons. The van der Waals surface area contributed by atoms with E-state index in [-0.39, 0.29) is 5.11 Å². The summed E-state index contributed by atoms with van der Waals surface area (Å²) in [5.41, 5.74) is 5.52. The van der Waals surface area contributed by atoms with E-state index in [0.29, 0.717) is 39.5 Å². The number of amides is 2. The van der Waals surface area contributed by atoms with E-state index in [2.05, 4.69) is 32.1 Å². The first-order chi connectivity index (χ1) is 13.9. The normalized spacial score (nSPS) is 9.93. The van der Waals surface area contributed by atoms with E-state index in [1.807, 2.05) is 6.92 Å². The number of halogens is 1. The van der Waals surface area contributed by atoms with E-state index in [1.165, 1.54) is 20.3 Å². The lowest BCUT2D eigenvalue weighted by Crippen LogP contribution is -2.48. The van der Waals surface area contributed by atoms with Crippen LogP contribution in [0.15, 0.2) is 40.9 Å². The third kappa shape index (κ3) is 6.06. The van der Waals surface area contributed by atoms with Crippen LogP contribution in [0.3, 0.4) is 0 Å². The zero-order valence-electron chi connectivity index (χ0n) is 16.0. The average Bonchev–Trinajstić information content (AvgIpc) is 2.72. The second kappa shape index (κ2) is 10.6. The number of rotatable bonds is 6. The summed E-state index contributed by atoms with van der Waals surface area (Å²) < 4.78 is 16.5. The molecule has 2 amide bonds. The van der Waals surface area contributed by atoms with Crippen LogP contribution in [0.25, 0.3) is 0 Å². The van der Waals surface area contributed by atoms with E-state index in [1.54, 1.807) is 30.3 Å². The summed E-state index contributed by atoms with van der Waals surface area (Å²) in [7, 11) is 2.98. The smallest absolute Gasteiger partial charge is 0.269 e. The van der Waals surface area contributed by atoms with Crippen LogP contribution in [0.5, 0.6) is 17.2 Å². The van der Waals surface area contributed by atoms with Gasteiger partial charge in [-0.25, -0.2) is 0 Å². The van der Waals surface area contributed by atoms with Gasteiger partial charge in [-0.05, 0) is 55.5 Å². The molecule has 0 spiro atoms. The zero-order chi connectivity index (χ0) is 21.4. The Morgan fingerprint density at radius 3 is 2.31 bits per heavy atom. The molecule has 0 aliphatic rings. The average molecular weight is 482 g/mol. The molecule has 3 N–H and O–H groups in total. The predicted octanol–water partition coefficient (Wildman–Crippen LogP) is 2.81. The maximum absolute atomic E-state index is 12.5. The maximum Gasteiger partial charge on any atom is 0.269 e. The van der Waals surface area contributed by atoms with Crippen LogP contribution in [0.1, 0.15) is 27.6 Å². The van der Waals surface area contributed by atoms with Gasteiger partial charge in [-0.15, -0.1) is 0 Å². The lowest BCUT2D eigenvalue weighted by atomic mass is 10.2. The Balaban J connectivity index is 1.99. The van der Waals surface area contributed by atoms with E-state index in [0.717, 1.165) is 0 Å². The first kappa shape index (κ1) is 22.4. The standard InChI is InChI=1S/C19H20BrN3O5S/c1-4-28-14-8-6-12(20)10-13(14)18(25)21-19(29)23-22-17(24)11-5-7-15(26-2)16(9-11)27-3/h5-10H,4H2,1-3H3,(H,22,24)(H2,21,23,25,29). The molecule has 0 aliphatic heterocycles. The molecule has 0 bridgehead atoms. The van der Waals surface area contributed by atoms with Crippen molar-refractivity contribution < 1.29 is 23.8 Å². The summed E-state index contributed by atoms with van der Waals surface area (Å²) in [6, 6.07) is 9.75. The van der Waals surface area contributed by atoms with Gasteiger partial charge in [0.25, 0.3) is 11.8 Å². The molecule has 2 aromatic rings. The number of methoxy groups -OCH3 is 2. The topological polar surface area (TPSA) is 97.9 Å². The van der Waals surface area contributed by atoms with Gasteiger partial charge in [0.1, 0.15) is 5.75 Å². The van der Waals surface area contributed by atoms with Gasteiger partial charge in [-0.3, -0.25) is 25.8 Å². The summed E-state index contributed by atoms with van der Waals surface area (Å²) in [6.07, 6.45) is 0. The van der Waals surface area contributed by atoms with Crippen LogP contribution in [0.4, 0.5) is 0 Å². The minimum absolute atomic E-state index is 0.0775. The third-order valence-corrected chi connectivity index (χ3v) is 4.35. The monoisotopic (exact) mass is 481 g/mol. The van der Waals surface area contributed by atoms with E-state index in [9.17, 15) is 9.59 Å². The molecule has 0 aliphatic carbocycles. The van der Waals surface area contributed by atoms with Crippen molar-refractivity contribution in [3.63, 3.8) is 0 Å². The number of carbonyl (C=O) groups is 2. The molecular formula is C19H20BrN3O5S. The van der Waals surface area contributed by atoms with Crippen molar-refractivity contribution in [2.75, 3.05) is 20.8 Å². The van der Waals surface area contributed by atoms with Gasteiger partial charge >= 0.3 is 0 Å². The Hall–Kier alpha value is -2.85. The summed E-state index contributed by atoms with van der Waals surface area (Å²) in [4.78, 5) is 24.8. The Labute approximate surface area is 182 Å². The van der Waals surface area contributed by atoms with Gasteiger partial charge in [0.05, 0.1) is 26.4 Å². The van der Waals surface area contributed by atoms with E-state index in [4.69, 9.17) is 26.4 Å². The number of thiocarbonyl (C=S) groups is 1. The lowest BCUT2D eigenvalue weighted by Gasteiger charge is -2.14. The summed E-state index contributed by atoms with van der Waals surface area (Å²) in [6.45, 7) is 2.23. The van der Waals surface area contributed by atoms with Crippen LogP contribution >= 0.6 is 28.1 Å². The molecule has 2 aromatic carbocycles. The predicted molar refractivity (Wildman–Crippen MR) is 116 cm³/mol. The Bertz CT molecular complexity index is 923. The largest absolute Gasteiger partial charge is 0.493 e. The molecule has 29 heavy (non-hydrogen) atoms. The minimum atomic E-state index is -0.479. The van der Waals surface area contributed by atoms with Gasteiger partial charge in [-0.1, -0.05) is 15.9 Å². The van der Waals surface area contributed by atoms with Crippen LogP contribution in [0, 0.1) is 0 Å². The van der Waals surface area contributed by atoms with Gasteiger partial charge in [0.2, 0.25) is 0 Å². The van der Waals surface area contributed by atoms with E-state index < -0.39 is 11.8 Å². The van der Waals surface area contributed by atoms with Crippen molar-refractivity contribution in [3.05, 3.63) is 52.0 Å². The van der Waals surface area contributed by atoms with Crippen molar-refractivity contribution >= 4 is 45.1 Å². The second-order valence-electron chi connectivity index (χ2n) is 5.51. The fourth-order valence-corrected chi connectivity index (χ4v) is 2.83. The SMILES string of the molecule is CCOc1ccc(Br)cc1C(=O)NC(=S)NNC(=O)c1ccc(OC)c(OC)c1. The van der Waals surface area contributed by atoms with Crippen molar-refractivity contribution in [3.8, 4) is 17.2 Å². The molecule has 0 fully saturated rings. The van der Waals surface area contributed by atoms with Crippen LogP contribution in [-0.2, 0) is 0 Å². The number of hydrazine groups is 1. The number of carbonyl (C=O) groups excluding carboxylic acids is 2. The number of benzene rings is 2. The molecule has 8 nitrogen and oxygen atoms in total. The number of hydrogen-bond donors (Lipinski definition) is 3. The van der Waals surface area contributed by atoms with Crippen LogP contribution < -0.4 is 30.4 Å². The number of hydrogen-bond acceptors (Lipinski definition) is 6. The highest BCUT2D eigenvalue weighted by Gasteiger charge is 2.16. The van der Waals surface area contributed by atoms with Gasteiger partial charge in [0, 0.05) is 10.0 Å². The van der Waals surface area contributed by atoms with Crippen LogP contribution in [0.2, 0.25) is 0 Å². The van der Waals surface area contributed by atoms with E-state index >= 15 is 0 Å². The minimum Gasteiger partial charge on any atom is -0.493 e. The van der Waals surface area contributed by atoms with Gasteiger partial charge in [0.15, 0.2) is 16.6 Å². The van der Waals surface area contributed by atoms with Crippen molar-refractivity contribution in [2.45, 2.75) is 6.92 Å². The van der Waals surface area contributed by atoms with Crippen molar-refractivity contribution in [2.24, 2.45) is 0 Å². The van der Waals surface area contributed by atoms with Crippen molar-refractivity contribution in [1.82, 2.24) is 16.2 Å². The third-order valence-electron chi connectivity index (χ3n) is 3.65. The fraction of sp³-hybridized carbons (Fsp3) is 0.211.